The van der Waals surface area contributed by atoms with Gasteiger partial charge in [0.1, 0.15) is 12.4 Å². The molecule has 3 aromatic carbocycles. The van der Waals surface area contributed by atoms with Crippen LogP contribution in [-0.2, 0) is 17.8 Å². The lowest BCUT2D eigenvalue weighted by Crippen LogP contribution is -2.38. The molecular formula is C31H39N3O4. The SMILES string of the molecule is OCCCN(Cc1ccc(OCCN2CCOCC2)cc1)C[C@H](O)Cn1c2ccccc2c2ccccc21. The summed E-state index contributed by atoms with van der Waals surface area (Å²) >= 11 is 0. The summed E-state index contributed by atoms with van der Waals surface area (Å²) in [5, 5.41) is 23.0. The minimum atomic E-state index is -0.546. The first-order chi connectivity index (χ1) is 18.7. The second kappa shape index (κ2) is 13.2. The fraction of sp³-hybridized carbons (Fsp3) is 0.419. The van der Waals surface area contributed by atoms with E-state index >= 15 is 0 Å². The van der Waals surface area contributed by atoms with Gasteiger partial charge >= 0.3 is 0 Å². The Hall–Kier alpha value is -2.94. The number of aliphatic hydroxyl groups excluding tert-OH is 2. The van der Waals surface area contributed by atoms with Crippen molar-refractivity contribution in [2.75, 3.05) is 59.2 Å². The van der Waals surface area contributed by atoms with Crippen molar-refractivity contribution in [3.8, 4) is 5.75 Å². The van der Waals surface area contributed by atoms with Crippen molar-refractivity contribution in [1.82, 2.24) is 14.4 Å². The van der Waals surface area contributed by atoms with Crippen molar-refractivity contribution < 1.29 is 19.7 Å². The Labute approximate surface area is 224 Å². The topological polar surface area (TPSA) is 70.3 Å². The van der Waals surface area contributed by atoms with Crippen LogP contribution < -0.4 is 4.74 Å². The highest BCUT2D eigenvalue weighted by atomic mass is 16.5. The monoisotopic (exact) mass is 517 g/mol. The van der Waals surface area contributed by atoms with Gasteiger partial charge in [0.15, 0.2) is 0 Å². The standard InChI is InChI=1S/C31H39N3O4/c35-18-5-14-33(22-25-10-12-27(13-11-25)38-21-17-32-15-19-37-20-16-32)23-26(36)24-34-30-8-3-1-6-28(30)29-7-2-4-9-31(29)34/h1-4,6-13,26,35-36H,5,14-24H2/t26-/m0/s1. The molecule has 0 unspecified atom stereocenters. The average Bonchev–Trinajstić information content (AvgIpc) is 3.26. The van der Waals surface area contributed by atoms with Crippen LogP contribution in [0.25, 0.3) is 21.8 Å². The molecule has 0 amide bonds. The van der Waals surface area contributed by atoms with Crippen LogP contribution >= 0.6 is 0 Å². The van der Waals surface area contributed by atoms with E-state index in [0.29, 0.717) is 32.7 Å². The van der Waals surface area contributed by atoms with E-state index in [0.717, 1.165) is 61.7 Å². The van der Waals surface area contributed by atoms with Gasteiger partial charge in [-0.15, -0.1) is 0 Å². The van der Waals surface area contributed by atoms with E-state index in [2.05, 4.69) is 62.9 Å². The van der Waals surface area contributed by atoms with E-state index in [9.17, 15) is 10.2 Å². The van der Waals surface area contributed by atoms with Crippen molar-refractivity contribution in [2.24, 2.45) is 0 Å². The van der Waals surface area contributed by atoms with Gasteiger partial charge in [0, 0.05) is 67.7 Å². The third kappa shape index (κ3) is 6.73. The second-order valence-electron chi connectivity index (χ2n) is 10.1. The second-order valence-corrected chi connectivity index (χ2v) is 10.1. The Balaban J connectivity index is 1.19. The smallest absolute Gasteiger partial charge is 0.119 e. The number of aromatic nitrogens is 1. The number of hydrogen-bond donors (Lipinski definition) is 2. The number of ether oxygens (including phenoxy) is 2. The van der Waals surface area contributed by atoms with Crippen LogP contribution in [0.3, 0.4) is 0 Å². The molecule has 1 aliphatic rings. The molecule has 1 aromatic heterocycles. The number of morpholine rings is 1. The summed E-state index contributed by atoms with van der Waals surface area (Å²) in [4.78, 5) is 4.59. The average molecular weight is 518 g/mol. The molecule has 202 valence electrons. The van der Waals surface area contributed by atoms with Gasteiger partial charge in [0.05, 0.1) is 25.9 Å². The number of benzene rings is 3. The lowest BCUT2D eigenvalue weighted by atomic mass is 10.2. The fourth-order valence-electron chi connectivity index (χ4n) is 5.36. The van der Waals surface area contributed by atoms with Crippen LogP contribution in [0.2, 0.25) is 0 Å². The zero-order valence-electron chi connectivity index (χ0n) is 22.0. The van der Waals surface area contributed by atoms with Gasteiger partial charge < -0.3 is 24.3 Å². The number of aliphatic hydroxyl groups is 2. The largest absolute Gasteiger partial charge is 0.492 e. The molecule has 1 aliphatic heterocycles. The Kier molecular flexibility index (Phi) is 9.28. The summed E-state index contributed by atoms with van der Waals surface area (Å²) in [7, 11) is 0. The summed E-state index contributed by atoms with van der Waals surface area (Å²) in [6, 6.07) is 25.0. The molecule has 1 saturated heterocycles. The van der Waals surface area contributed by atoms with Crippen molar-refractivity contribution in [2.45, 2.75) is 25.6 Å². The maximum absolute atomic E-state index is 11.2. The zero-order valence-corrected chi connectivity index (χ0v) is 22.0. The summed E-state index contributed by atoms with van der Waals surface area (Å²) in [5.74, 6) is 0.871. The summed E-state index contributed by atoms with van der Waals surface area (Å²) < 4.78 is 13.6. The molecule has 2 heterocycles. The highest BCUT2D eigenvalue weighted by Crippen LogP contribution is 2.29. The normalized spacial score (nSPS) is 15.4. The molecule has 5 rings (SSSR count). The maximum atomic E-state index is 11.2. The first-order valence-corrected chi connectivity index (χ1v) is 13.7. The summed E-state index contributed by atoms with van der Waals surface area (Å²) in [6.07, 6.45) is 0.126. The molecule has 7 nitrogen and oxygen atoms in total. The zero-order chi connectivity index (χ0) is 26.2. The number of para-hydroxylation sites is 2. The highest BCUT2D eigenvalue weighted by molar-refractivity contribution is 6.07. The number of fused-ring (bicyclic) bond motifs is 3. The Bertz CT molecular complexity index is 1230. The minimum Gasteiger partial charge on any atom is -0.492 e. The summed E-state index contributed by atoms with van der Waals surface area (Å²) in [5.41, 5.74) is 3.44. The molecule has 0 aliphatic carbocycles. The molecular weight excluding hydrogens is 478 g/mol. The lowest BCUT2D eigenvalue weighted by molar-refractivity contribution is 0.0322. The lowest BCUT2D eigenvalue weighted by Gasteiger charge is -2.26. The third-order valence-electron chi connectivity index (χ3n) is 7.28. The van der Waals surface area contributed by atoms with Crippen molar-refractivity contribution >= 4 is 21.8 Å². The molecule has 0 saturated carbocycles. The van der Waals surface area contributed by atoms with E-state index in [1.54, 1.807) is 0 Å². The van der Waals surface area contributed by atoms with Gasteiger partial charge in [-0.3, -0.25) is 9.80 Å². The predicted octanol–water partition coefficient (Wildman–Crippen LogP) is 3.75. The van der Waals surface area contributed by atoms with E-state index in [1.165, 1.54) is 10.8 Å². The van der Waals surface area contributed by atoms with Gasteiger partial charge in [-0.2, -0.15) is 0 Å². The maximum Gasteiger partial charge on any atom is 0.119 e. The van der Waals surface area contributed by atoms with E-state index in [-0.39, 0.29) is 6.61 Å². The molecule has 2 N–H and O–H groups in total. The third-order valence-corrected chi connectivity index (χ3v) is 7.28. The molecule has 0 radical (unpaired) electrons. The quantitative estimate of drug-likeness (QED) is 0.282. The van der Waals surface area contributed by atoms with Gasteiger partial charge in [0.25, 0.3) is 0 Å². The van der Waals surface area contributed by atoms with Crippen molar-refractivity contribution in [3.63, 3.8) is 0 Å². The highest BCUT2D eigenvalue weighted by Gasteiger charge is 2.17. The minimum absolute atomic E-state index is 0.134. The van der Waals surface area contributed by atoms with Crippen LogP contribution in [0.1, 0.15) is 12.0 Å². The van der Waals surface area contributed by atoms with E-state index < -0.39 is 6.10 Å². The van der Waals surface area contributed by atoms with E-state index in [4.69, 9.17) is 9.47 Å². The Morgan fingerprint density at radius 2 is 1.55 bits per heavy atom. The van der Waals surface area contributed by atoms with Crippen molar-refractivity contribution in [1.29, 1.82) is 0 Å². The van der Waals surface area contributed by atoms with Crippen LogP contribution in [-0.4, -0.2) is 89.8 Å². The van der Waals surface area contributed by atoms with Gasteiger partial charge in [-0.25, -0.2) is 0 Å². The Morgan fingerprint density at radius 3 is 2.21 bits per heavy atom. The first-order valence-electron chi connectivity index (χ1n) is 13.7. The molecule has 0 bridgehead atoms. The first kappa shape index (κ1) is 26.7. The molecule has 0 spiro atoms. The number of hydrogen-bond acceptors (Lipinski definition) is 6. The number of rotatable bonds is 13. The van der Waals surface area contributed by atoms with Crippen LogP contribution in [0.15, 0.2) is 72.8 Å². The van der Waals surface area contributed by atoms with Crippen molar-refractivity contribution in [3.05, 3.63) is 78.4 Å². The van der Waals surface area contributed by atoms with Gasteiger partial charge in [-0.1, -0.05) is 48.5 Å². The van der Waals surface area contributed by atoms with Crippen LogP contribution in [0, 0.1) is 0 Å². The predicted molar refractivity (Wildman–Crippen MR) is 152 cm³/mol. The molecule has 38 heavy (non-hydrogen) atoms. The molecule has 7 heteroatoms. The summed E-state index contributed by atoms with van der Waals surface area (Å²) in [6.45, 7) is 7.71. The van der Waals surface area contributed by atoms with Gasteiger partial charge in [0.2, 0.25) is 0 Å². The molecule has 1 atom stereocenters. The Morgan fingerprint density at radius 1 is 0.895 bits per heavy atom. The van der Waals surface area contributed by atoms with E-state index in [1.807, 2.05) is 24.3 Å². The molecule has 1 fully saturated rings. The molecule has 4 aromatic rings. The van der Waals surface area contributed by atoms with Crippen LogP contribution in [0.4, 0.5) is 0 Å². The number of nitrogens with zero attached hydrogens (tertiary/aromatic N) is 3. The van der Waals surface area contributed by atoms with Crippen LogP contribution in [0.5, 0.6) is 5.75 Å². The van der Waals surface area contributed by atoms with Gasteiger partial charge in [-0.05, 0) is 36.2 Å². The fourth-order valence-corrected chi connectivity index (χ4v) is 5.36.